The molecule has 1 aromatic heterocycles. The summed E-state index contributed by atoms with van der Waals surface area (Å²) in [5.41, 5.74) is 2.80. The van der Waals surface area contributed by atoms with Crippen LogP contribution in [0.4, 0.5) is 0 Å². The van der Waals surface area contributed by atoms with Gasteiger partial charge in [-0.1, -0.05) is 30.3 Å². The van der Waals surface area contributed by atoms with E-state index in [1.165, 1.54) is 0 Å². The monoisotopic (exact) mass is 290 g/mol. The Morgan fingerprint density at radius 2 is 1.55 bits per heavy atom. The highest BCUT2D eigenvalue weighted by Crippen LogP contribution is 2.14. The summed E-state index contributed by atoms with van der Waals surface area (Å²) in [6.45, 7) is 1.99. The number of carbonyl (C=O) groups excluding carboxylic acids is 1. The summed E-state index contributed by atoms with van der Waals surface area (Å²) in [7, 11) is 0. The number of amides is 1. The molecule has 1 amide bonds. The van der Waals surface area contributed by atoms with Crippen molar-refractivity contribution in [2.75, 3.05) is 0 Å². The van der Waals surface area contributed by atoms with Crippen LogP contribution in [0.2, 0.25) is 0 Å². The summed E-state index contributed by atoms with van der Waals surface area (Å²) >= 11 is 0. The zero-order chi connectivity index (χ0) is 15.4. The van der Waals surface area contributed by atoms with Gasteiger partial charge in [-0.25, -0.2) is 0 Å². The highest BCUT2D eigenvalue weighted by atomic mass is 16.1. The molecule has 0 aliphatic carbocycles. The predicted molar refractivity (Wildman–Crippen MR) is 88.1 cm³/mol. The van der Waals surface area contributed by atoms with Gasteiger partial charge in [-0.2, -0.15) is 0 Å². The molecule has 110 valence electrons. The Kier molecular flexibility index (Phi) is 4.05. The molecule has 0 spiro atoms. The van der Waals surface area contributed by atoms with Crippen LogP contribution in [0.1, 0.15) is 28.9 Å². The number of nitrogens with zero attached hydrogens (tertiary/aromatic N) is 1. The molecule has 1 N–H and O–H groups in total. The summed E-state index contributed by atoms with van der Waals surface area (Å²) in [5, 5.41) is 3.02. The number of carbonyl (C=O) groups is 1. The van der Waals surface area contributed by atoms with Crippen LogP contribution in [0.3, 0.4) is 0 Å². The van der Waals surface area contributed by atoms with Gasteiger partial charge in [0.2, 0.25) is 0 Å². The first-order chi connectivity index (χ1) is 10.7. The van der Waals surface area contributed by atoms with E-state index in [1.54, 1.807) is 0 Å². The number of aromatic nitrogens is 1. The van der Waals surface area contributed by atoms with Gasteiger partial charge in [0.25, 0.3) is 5.91 Å². The standard InChI is InChI=1S/C19H18N2O/c1-15(16-7-3-2-4-8-16)20-19(22)17-9-11-18(12-10-17)21-13-5-6-14-21/h2-15H,1H3,(H,20,22)/t15-/m0/s1. The largest absolute Gasteiger partial charge is 0.346 e. The normalized spacial score (nSPS) is 11.9. The summed E-state index contributed by atoms with van der Waals surface area (Å²) in [4.78, 5) is 12.3. The third-order valence-corrected chi connectivity index (χ3v) is 3.68. The second-order valence-electron chi connectivity index (χ2n) is 5.24. The molecule has 0 radical (unpaired) electrons. The van der Waals surface area contributed by atoms with Crippen molar-refractivity contribution < 1.29 is 4.79 Å². The van der Waals surface area contributed by atoms with Crippen molar-refractivity contribution in [1.82, 2.24) is 9.88 Å². The van der Waals surface area contributed by atoms with Crippen LogP contribution in [0.25, 0.3) is 5.69 Å². The highest BCUT2D eigenvalue weighted by Gasteiger charge is 2.11. The van der Waals surface area contributed by atoms with E-state index in [0.717, 1.165) is 11.3 Å². The number of hydrogen-bond acceptors (Lipinski definition) is 1. The maximum Gasteiger partial charge on any atom is 0.251 e. The first-order valence-electron chi connectivity index (χ1n) is 7.33. The van der Waals surface area contributed by atoms with Crippen LogP contribution in [0.5, 0.6) is 0 Å². The molecule has 0 saturated carbocycles. The molecular weight excluding hydrogens is 272 g/mol. The van der Waals surface area contributed by atoms with Crippen molar-refractivity contribution in [2.45, 2.75) is 13.0 Å². The number of nitrogens with one attached hydrogen (secondary N) is 1. The van der Waals surface area contributed by atoms with Crippen LogP contribution >= 0.6 is 0 Å². The van der Waals surface area contributed by atoms with E-state index < -0.39 is 0 Å². The first kappa shape index (κ1) is 14.1. The molecule has 2 aromatic carbocycles. The quantitative estimate of drug-likeness (QED) is 0.775. The Labute approximate surface area is 130 Å². The van der Waals surface area contributed by atoms with Gasteiger partial charge in [0.05, 0.1) is 6.04 Å². The van der Waals surface area contributed by atoms with E-state index in [-0.39, 0.29) is 11.9 Å². The van der Waals surface area contributed by atoms with E-state index in [1.807, 2.05) is 90.6 Å². The molecule has 0 fully saturated rings. The minimum atomic E-state index is -0.0598. The van der Waals surface area contributed by atoms with E-state index in [2.05, 4.69) is 5.32 Å². The molecule has 22 heavy (non-hydrogen) atoms. The average Bonchev–Trinajstić information content (AvgIpc) is 3.10. The van der Waals surface area contributed by atoms with Crippen LogP contribution in [0, 0.1) is 0 Å². The maximum atomic E-state index is 12.3. The van der Waals surface area contributed by atoms with Crippen molar-refractivity contribution in [1.29, 1.82) is 0 Å². The van der Waals surface area contributed by atoms with Gasteiger partial charge in [0.1, 0.15) is 0 Å². The fraction of sp³-hybridized carbons (Fsp3) is 0.105. The molecule has 0 unspecified atom stereocenters. The summed E-state index contributed by atoms with van der Waals surface area (Å²) < 4.78 is 2.01. The van der Waals surface area contributed by atoms with Crippen molar-refractivity contribution in [3.8, 4) is 5.69 Å². The van der Waals surface area contributed by atoms with Crippen LogP contribution in [-0.4, -0.2) is 10.5 Å². The number of benzene rings is 2. The third-order valence-electron chi connectivity index (χ3n) is 3.68. The van der Waals surface area contributed by atoms with Crippen LogP contribution < -0.4 is 5.32 Å². The Balaban J connectivity index is 1.70. The molecule has 3 aromatic rings. The fourth-order valence-electron chi connectivity index (χ4n) is 2.40. The van der Waals surface area contributed by atoms with Crippen molar-refractivity contribution in [3.63, 3.8) is 0 Å². The van der Waals surface area contributed by atoms with Gasteiger partial charge >= 0.3 is 0 Å². The molecule has 0 aliphatic rings. The second-order valence-corrected chi connectivity index (χ2v) is 5.24. The molecule has 3 heteroatoms. The molecule has 1 atom stereocenters. The SMILES string of the molecule is C[C@H](NC(=O)c1ccc(-n2cccc2)cc1)c1ccccc1. The number of rotatable bonds is 4. The zero-order valence-electron chi connectivity index (χ0n) is 12.4. The van der Waals surface area contributed by atoms with Crippen molar-refractivity contribution >= 4 is 5.91 Å². The third kappa shape index (κ3) is 3.09. The Bertz CT molecular complexity index is 731. The van der Waals surface area contributed by atoms with Gasteiger partial charge in [0, 0.05) is 23.6 Å². The molecule has 1 heterocycles. The average molecular weight is 290 g/mol. The molecule has 0 bridgehead atoms. The lowest BCUT2D eigenvalue weighted by Crippen LogP contribution is -2.26. The minimum absolute atomic E-state index is 0.0159. The lowest BCUT2D eigenvalue weighted by Gasteiger charge is -2.14. The first-order valence-corrected chi connectivity index (χ1v) is 7.33. The predicted octanol–water partition coefficient (Wildman–Crippen LogP) is 3.97. The van der Waals surface area contributed by atoms with Gasteiger partial charge in [-0.05, 0) is 48.9 Å². The lowest BCUT2D eigenvalue weighted by molar-refractivity contribution is 0.0940. The summed E-state index contributed by atoms with van der Waals surface area (Å²) in [5.74, 6) is -0.0598. The fourth-order valence-corrected chi connectivity index (χ4v) is 2.40. The maximum absolute atomic E-state index is 12.3. The summed E-state index contributed by atoms with van der Waals surface area (Å²) in [6.07, 6.45) is 3.96. The molecule has 0 aliphatic heterocycles. The van der Waals surface area contributed by atoms with E-state index >= 15 is 0 Å². The molecule has 0 saturated heterocycles. The molecule has 3 nitrogen and oxygen atoms in total. The Morgan fingerprint density at radius 1 is 0.909 bits per heavy atom. The van der Waals surface area contributed by atoms with Gasteiger partial charge in [-0.3, -0.25) is 4.79 Å². The number of hydrogen-bond donors (Lipinski definition) is 1. The highest BCUT2D eigenvalue weighted by molar-refractivity contribution is 5.94. The molecule has 3 rings (SSSR count). The van der Waals surface area contributed by atoms with Gasteiger partial charge in [-0.15, -0.1) is 0 Å². The lowest BCUT2D eigenvalue weighted by atomic mass is 10.1. The Morgan fingerprint density at radius 3 is 2.18 bits per heavy atom. The Hall–Kier alpha value is -2.81. The topological polar surface area (TPSA) is 34.0 Å². The van der Waals surface area contributed by atoms with E-state index in [9.17, 15) is 4.79 Å². The van der Waals surface area contributed by atoms with E-state index in [0.29, 0.717) is 5.56 Å². The minimum Gasteiger partial charge on any atom is -0.346 e. The van der Waals surface area contributed by atoms with E-state index in [4.69, 9.17) is 0 Å². The summed E-state index contributed by atoms with van der Waals surface area (Å²) in [6, 6.07) is 21.5. The zero-order valence-corrected chi connectivity index (χ0v) is 12.4. The van der Waals surface area contributed by atoms with Gasteiger partial charge in [0.15, 0.2) is 0 Å². The van der Waals surface area contributed by atoms with Crippen LogP contribution in [-0.2, 0) is 0 Å². The smallest absolute Gasteiger partial charge is 0.251 e. The van der Waals surface area contributed by atoms with Gasteiger partial charge < -0.3 is 9.88 Å². The molecular formula is C19H18N2O. The van der Waals surface area contributed by atoms with Crippen LogP contribution in [0.15, 0.2) is 79.1 Å². The van der Waals surface area contributed by atoms with Crippen molar-refractivity contribution in [2.24, 2.45) is 0 Å². The van der Waals surface area contributed by atoms with Crippen molar-refractivity contribution in [3.05, 3.63) is 90.3 Å². The second kappa shape index (κ2) is 6.31.